The van der Waals surface area contributed by atoms with Crippen LogP contribution < -0.4 is 5.32 Å². The summed E-state index contributed by atoms with van der Waals surface area (Å²) in [5.41, 5.74) is 0.0196. The Kier molecular flexibility index (Phi) is 3.59. The molecule has 3 nitrogen and oxygen atoms in total. The number of hydrogen-bond acceptors (Lipinski definition) is 3. The van der Waals surface area contributed by atoms with Crippen molar-refractivity contribution in [2.45, 2.75) is 57.1 Å². The third kappa shape index (κ3) is 2.31. The lowest BCUT2D eigenvalue weighted by Crippen LogP contribution is -2.55. The van der Waals surface area contributed by atoms with E-state index in [1.807, 2.05) is 18.9 Å². The van der Waals surface area contributed by atoms with Crippen LogP contribution in [-0.4, -0.2) is 36.2 Å². The zero-order valence-corrected chi connectivity index (χ0v) is 12.9. The van der Waals surface area contributed by atoms with Crippen LogP contribution in [-0.2, 0) is 9.53 Å². The summed E-state index contributed by atoms with van der Waals surface area (Å²) in [6, 6.07) is 0.392. The molecule has 4 heteroatoms. The molecule has 1 N–H and O–H groups in total. The highest BCUT2D eigenvalue weighted by Crippen LogP contribution is 2.53. The maximum absolute atomic E-state index is 12.7. The van der Waals surface area contributed by atoms with Gasteiger partial charge in [0.05, 0.1) is 5.60 Å². The largest absolute Gasteiger partial charge is 0.378 e. The molecule has 1 heterocycles. The molecule has 4 fully saturated rings. The van der Waals surface area contributed by atoms with Crippen LogP contribution in [0.1, 0.15) is 45.4 Å². The first-order chi connectivity index (χ1) is 9.09. The van der Waals surface area contributed by atoms with Gasteiger partial charge in [0.15, 0.2) is 0 Å². The first-order valence-corrected chi connectivity index (χ1v) is 8.69. The number of ether oxygens (including phenoxy) is 1. The summed E-state index contributed by atoms with van der Waals surface area (Å²) in [5.74, 6) is 3.22. The van der Waals surface area contributed by atoms with E-state index in [2.05, 4.69) is 12.2 Å². The minimum absolute atomic E-state index is 0.0761. The van der Waals surface area contributed by atoms with Gasteiger partial charge in [-0.15, -0.1) is 0 Å². The zero-order valence-electron chi connectivity index (χ0n) is 12.0. The van der Waals surface area contributed by atoms with Crippen LogP contribution in [0.5, 0.6) is 0 Å². The number of carbonyl (C=O) groups is 1. The fourth-order valence-corrected chi connectivity index (χ4v) is 5.37. The summed E-state index contributed by atoms with van der Waals surface area (Å²) in [7, 11) is 1.83. The molecular formula is C15H25NO2S. The van der Waals surface area contributed by atoms with Crippen LogP contribution in [0.4, 0.5) is 0 Å². The van der Waals surface area contributed by atoms with Crippen LogP contribution in [0.2, 0.25) is 0 Å². The van der Waals surface area contributed by atoms with Gasteiger partial charge in [-0.25, -0.2) is 0 Å². The Balaban J connectivity index is 1.64. The number of fused-ring (bicyclic) bond motifs is 3. The van der Waals surface area contributed by atoms with E-state index in [0.717, 1.165) is 44.3 Å². The topological polar surface area (TPSA) is 38.3 Å². The van der Waals surface area contributed by atoms with Crippen molar-refractivity contribution in [3.05, 3.63) is 0 Å². The van der Waals surface area contributed by atoms with E-state index < -0.39 is 0 Å². The Morgan fingerprint density at radius 3 is 2.26 bits per heavy atom. The lowest BCUT2D eigenvalue weighted by atomic mass is 9.58. The smallest absolute Gasteiger partial charge is 0.226 e. The lowest BCUT2D eigenvalue weighted by Gasteiger charge is -2.51. The van der Waals surface area contributed by atoms with Crippen molar-refractivity contribution in [3.63, 3.8) is 0 Å². The van der Waals surface area contributed by atoms with Gasteiger partial charge in [0.2, 0.25) is 5.91 Å². The van der Waals surface area contributed by atoms with Gasteiger partial charge in [0.25, 0.3) is 0 Å². The average molecular weight is 283 g/mol. The van der Waals surface area contributed by atoms with Crippen molar-refractivity contribution < 1.29 is 9.53 Å². The van der Waals surface area contributed by atoms with Crippen molar-refractivity contribution in [2.24, 2.45) is 11.3 Å². The molecule has 3 aliphatic carbocycles. The van der Waals surface area contributed by atoms with E-state index in [1.165, 1.54) is 5.75 Å². The Bertz CT molecular complexity index is 347. The van der Waals surface area contributed by atoms with Gasteiger partial charge in [-0.05, 0) is 50.2 Å². The van der Waals surface area contributed by atoms with Crippen LogP contribution in [0.25, 0.3) is 0 Å². The Hall–Kier alpha value is -0.220. The molecule has 4 rings (SSSR count). The number of carbonyl (C=O) groups excluding carboxylic acids is 1. The van der Waals surface area contributed by atoms with Gasteiger partial charge >= 0.3 is 0 Å². The van der Waals surface area contributed by atoms with Crippen molar-refractivity contribution in [1.29, 1.82) is 0 Å². The molecule has 0 radical (unpaired) electrons. The average Bonchev–Trinajstić information content (AvgIpc) is 2.86. The molecule has 19 heavy (non-hydrogen) atoms. The van der Waals surface area contributed by atoms with E-state index >= 15 is 0 Å². The molecular weight excluding hydrogens is 258 g/mol. The number of nitrogens with one attached hydrogen (secondary N) is 1. The number of rotatable bonds is 3. The zero-order chi connectivity index (χ0) is 13.5. The van der Waals surface area contributed by atoms with E-state index in [1.54, 1.807) is 0 Å². The van der Waals surface area contributed by atoms with E-state index in [9.17, 15) is 4.79 Å². The van der Waals surface area contributed by atoms with Crippen molar-refractivity contribution in [3.8, 4) is 0 Å². The van der Waals surface area contributed by atoms with E-state index in [-0.39, 0.29) is 11.0 Å². The molecule has 0 aromatic rings. The second kappa shape index (κ2) is 4.96. The monoisotopic (exact) mass is 283 g/mol. The summed E-state index contributed by atoms with van der Waals surface area (Å²) in [5, 5.41) is 3.34. The van der Waals surface area contributed by atoms with Crippen LogP contribution in [0, 0.1) is 11.3 Å². The minimum atomic E-state index is -0.0761. The molecule has 108 valence electrons. The highest BCUT2D eigenvalue weighted by molar-refractivity contribution is 7.99. The molecule has 0 aromatic carbocycles. The molecule has 2 atom stereocenters. The first-order valence-electron chi connectivity index (χ1n) is 7.53. The lowest BCUT2D eigenvalue weighted by molar-refractivity contribution is -0.153. The molecule has 4 aliphatic rings. The minimum Gasteiger partial charge on any atom is -0.378 e. The van der Waals surface area contributed by atoms with Gasteiger partial charge in [-0.3, -0.25) is 4.79 Å². The second-order valence-corrected chi connectivity index (χ2v) is 7.84. The fraction of sp³-hybridized carbons (Fsp3) is 0.933. The molecule has 1 saturated heterocycles. The first kappa shape index (κ1) is 13.7. The Morgan fingerprint density at radius 1 is 1.16 bits per heavy atom. The van der Waals surface area contributed by atoms with Gasteiger partial charge in [-0.1, -0.05) is 6.92 Å². The quantitative estimate of drug-likeness (QED) is 0.865. The maximum atomic E-state index is 12.7. The van der Waals surface area contributed by atoms with E-state index in [0.29, 0.717) is 17.9 Å². The SMILES string of the molecule is COC12CCC(C(=O)NC3CSCC3C)(CC1)CC2. The number of methoxy groups -OCH3 is 1. The van der Waals surface area contributed by atoms with Crippen LogP contribution in [0.15, 0.2) is 0 Å². The number of thioether (sulfide) groups is 1. The van der Waals surface area contributed by atoms with Gasteiger partial charge in [0.1, 0.15) is 0 Å². The molecule has 2 unspecified atom stereocenters. The molecule has 3 saturated carbocycles. The summed E-state index contributed by atoms with van der Waals surface area (Å²) >= 11 is 1.96. The summed E-state index contributed by atoms with van der Waals surface area (Å²) in [4.78, 5) is 12.7. The summed E-state index contributed by atoms with van der Waals surface area (Å²) < 4.78 is 5.71. The Labute approximate surface area is 120 Å². The molecule has 0 spiro atoms. The molecule has 2 bridgehead atoms. The van der Waals surface area contributed by atoms with Crippen molar-refractivity contribution in [1.82, 2.24) is 5.32 Å². The van der Waals surface area contributed by atoms with Gasteiger partial charge in [0, 0.05) is 24.3 Å². The van der Waals surface area contributed by atoms with Crippen LogP contribution >= 0.6 is 11.8 Å². The third-order valence-corrected chi connectivity index (χ3v) is 7.13. The standard InChI is InChI=1S/C15H25NO2S/c1-11-9-19-10-12(11)16-13(17)14-3-6-15(18-2,7-4-14)8-5-14/h11-12H,3-10H2,1-2H3,(H,16,17). The molecule has 1 aliphatic heterocycles. The van der Waals surface area contributed by atoms with Crippen molar-refractivity contribution in [2.75, 3.05) is 18.6 Å². The van der Waals surface area contributed by atoms with Crippen LogP contribution in [0.3, 0.4) is 0 Å². The van der Waals surface area contributed by atoms with Gasteiger partial charge in [-0.2, -0.15) is 11.8 Å². The number of hydrogen-bond donors (Lipinski definition) is 1. The number of amides is 1. The van der Waals surface area contributed by atoms with E-state index in [4.69, 9.17) is 4.74 Å². The normalized spacial score (nSPS) is 45.4. The molecule has 1 amide bonds. The van der Waals surface area contributed by atoms with Gasteiger partial charge < -0.3 is 10.1 Å². The molecule has 0 aromatic heterocycles. The maximum Gasteiger partial charge on any atom is 0.226 e. The third-order valence-electron chi connectivity index (χ3n) is 5.77. The predicted molar refractivity (Wildman–Crippen MR) is 78.3 cm³/mol. The summed E-state index contributed by atoms with van der Waals surface area (Å²) in [6.45, 7) is 2.25. The summed E-state index contributed by atoms with van der Waals surface area (Å²) in [6.07, 6.45) is 6.23. The highest BCUT2D eigenvalue weighted by Gasteiger charge is 2.53. The predicted octanol–water partition coefficient (Wildman–Crippen LogP) is 2.59. The highest BCUT2D eigenvalue weighted by atomic mass is 32.2. The van der Waals surface area contributed by atoms with Crippen molar-refractivity contribution >= 4 is 17.7 Å². The fourth-order valence-electron chi connectivity index (χ4n) is 3.96. The Morgan fingerprint density at radius 2 is 1.79 bits per heavy atom. The second-order valence-electron chi connectivity index (χ2n) is 6.76.